The molecule has 2 bridgehead atoms. The fraction of sp³-hybridized carbons (Fsp3) is 0.217. The molecule has 0 spiro atoms. The minimum atomic E-state index is -0.158. The van der Waals surface area contributed by atoms with Crippen molar-refractivity contribution in [1.29, 1.82) is 0 Å². The molecule has 4 heteroatoms. The molecular formula is C23H16BrNO2. The Kier molecular flexibility index (Phi) is 2.93. The van der Waals surface area contributed by atoms with Gasteiger partial charge in [-0.3, -0.25) is 9.59 Å². The maximum absolute atomic E-state index is 13.6. The number of rotatable bonds is 1. The summed E-state index contributed by atoms with van der Waals surface area (Å²) < 4.78 is 0.429. The second-order valence-electron chi connectivity index (χ2n) is 7.77. The van der Waals surface area contributed by atoms with Gasteiger partial charge in [-0.05, 0) is 45.1 Å². The SMILES string of the molecule is CC1CN1C1=C(Br)C(=O)C2=C(C1=O)C1c3ccccc3C2c2ccccc21. The second-order valence-corrected chi connectivity index (χ2v) is 8.57. The predicted octanol–water partition coefficient (Wildman–Crippen LogP) is 4.04. The highest BCUT2D eigenvalue weighted by Crippen LogP contribution is 2.58. The van der Waals surface area contributed by atoms with Crippen molar-refractivity contribution in [2.45, 2.75) is 24.8 Å². The zero-order chi connectivity index (χ0) is 18.4. The molecule has 0 aromatic heterocycles. The van der Waals surface area contributed by atoms with E-state index in [1.807, 2.05) is 29.2 Å². The van der Waals surface area contributed by atoms with Crippen LogP contribution in [0.5, 0.6) is 0 Å². The van der Waals surface area contributed by atoms with Crippen molar-refractivity contribution in [3.05, 3.63) is 92.1 Å². The Morgan fingerprint density at radius 3 is 1.63 bits per heavy atom. The number of benzene rings is 2. The van der Waals surface area contributed by atoms with Gasteiger partial charge in [0.15, 0.2) is 5.78 Å². The number of hydrogen-bond acceptors (Lipinski definition) is 3. The first-order chi connectivity index (χ1) is 13.1. The highest BCUT2D eigenvalue weighted by atomic mass is 79.9. The third kappa shape index (κ3) is 1.82. The summed E-state index contributed by atoms with van der Waals surface area (Å²) in [5, 5.41) is 0. The van der Waals surface area contributed by atoms with Gasteiger partial charge in [-0.15, -0.1) is 0 Å². The lowest BCUT2D eigenvalue weighted by Crippen LogP contribution is -2.38. The first kappa shape index (κ1) is 15.6. The molecule has 4 aliphatic carbocycles. The van der Waals surface area contributed by atoms with Crippen LogP contribution in [0.15, 0.2) is 69.9 Å². The van der Waals surface area contributed by atoms with E-state index in [1.165, 1.54) is 0 Å². The van der Waals surface area contributed by atoms with Crippen molar-refractivity contribution in [3.8, 4) is 0 Å². The molecule has 1 heterocycles. The number of Topliss-reactive ketones (excluding diaryl/α,β-unsaturated/α-hetero) is 2. The highest BCUT2D eigenvalue weighted by molar-refractivity contribution is 9.12. The molecule has 2 aromatic rings. The Hall–Kier alpha value is -2.46. The number of halogens is 1. The summed E-state index contributed by atoms with van der Waals surface area (Å²) in [6, 6.07) is 16.8. The number of ketones is 2. The normalized spacial score (nSPS) is 27.6. The van der Waals surface area contributed by atoms with Crippen molar-refractivity contribution >= 4 is 27.5 Å². The van der Waals surface area contributed by atoms with E-state index in [2.05, 4.69) is 47.1 Å². The Labute approximate surface area is 165 Å². The molecule has 5 aliphatic rings. The summed E-state index contributed by atoms with van der Waals surface area (Å²) in [4.78, 5) is 29.1. The summed E-state index contributed by atoms with van der Waals surface area (Å²) in [6.07, 6.45) is 0. The molecule has 1 atom stereocenters. The van der Waals surface area contributed by atoms with Gasteiger partial charge in [0, 0.05) is 35.6 Å². The van der Waals surface area contributed by atoms with Gasteiger partial charge in [-0.25, -0.2) is 0 Å². The standard InChI is InChI=1S/C23H16BrNO2/c1-11-10-25(11)21-20(24)22(26)18-16-12-6-2-4-8-14(12)17(19(18)23(21)27)15-9-5-3-7-13(15)16/h2-9,11,16-17H,10H2,1H3. The number of carbonyl (C=O) groups excluding carboxylic acids is 2. The van der Waals surface area contributed by atoms with Gasteiger partial charge in [-0.2, -0.15) is 0 Å². The molecule has 1 saturated heterocycles. The van der Waals surface area contributed by atoms with E-state index in [9.17, 15) is 9.59 Å². The third-order valence-electron chi connectivity index (χ3n) is 6.36. The number of nitrogens with zero attached hydrogens (tertiary/aromatic N) is 1. The largest absolute Gasteiger partial charge is 0.361 e. The molecular weight excluding hydrogens is 402 g/mol. The van der Waals surface area contributed by atoms with Gasteiger partial charge in [0.1, 0.15) is 5.70 Å². The molecule has 132 valence electrons. The fourth-order valence-electron chi connectivity index (χ4n) is 5.11. The van der Waals surface area contributed by atoms with Crippen LogP contribution in [0.2, 0.25) is 0 Å². The second kappa shape index (κ2) is 5.08. The van der Waals surface area contributed by atoms with E-state index in [0.717, 1.165) is 28.8 Å². The van der Waals surface area contributed by atoms with Gasteiger partial charge in [0.2, 0.25) is 5.78 Å². The van der Waals surface area contributed by atoms with E-state index in [4.69, 9.17) is 0 Å². The van der Waals surface area contributed by atoms with Gasteiger partial charge < -0.3 is 4.90 Å². The lowest BCUT2D eigenvalue weighted by molar-refractivity contribution is -0.117. The van der Waals surface area contributed by atoms with E-state index in [-0.39, 0.29) is 23.4 Å². The van der Waals surface area contributed by atoms with Crippen molar-refractivity contribution in [1.82, 2.24) is 4.90 Å². The molecule has 0 N–H and O–H groups in total. The Bertz CT molecular complexity index is 1100. The Morgan fingerprint density at radius 2 is 1.22 bits per heavy atom. The Balaban J connectivity index is 1.64. The third-order valence-corrected chi connectivity index (χ3v) is 7.10. The quantitative estimate of drug-likeness (QED) is 0.518. The maximum Gasteiger partial charge on any atom is 0.207 e. The molecule has 2 aromatic carbocycles. The Morgan fingerprint density at radius 1 is 0.815 bits per heavy atom. The lowest BCUT2D eigenvalue weighted by atomic mass is 9.58. The molecule has 0 amide bonds. The number of hydrogen-bond donors (Lipinski definition) is 0. The maximum atomic E-state index is 13.6. The van der Waals surface area contributed by atoms with Crippen LogP contribution in [0.3, 0.4) is 0 Å². The minimum absolute atomic E-state index is 0.0137. The van der Waals surface area contributed by atoms with Crippen LogP contribution in [0.25, 0.3) is 0 Å². The summed E-state index contributed by atoms with van der Waals surface area (Å²) in [5.74, 6) is -0.327. The van der Waals surface area contributed by atoms with Crippen molar-refractivity contribution in [2.75, 3.05) is 6.54 Å². The molecule has 0 radical (unpaired) electrons. The van der Waals surface area contributed by atoms with Gasteiger partial charge in [-0.1, -0.05) is 48.5 Å². The number of carbonyl (C=O) groups is 2. The van der Waals surface area contributed by atoms with E-state index < -0.39 is 0 Å². The first-order valence-electron chi connectivity index (χ1n) is 9.27. The minimum Gasteiger partial charge on any atom is -0.361 e. The van der Waals surface area contributed by atoms with Gasteiger partial charge in [0.05, 0.1) is 4.48 Å². The molecule has 3 nitrogen and oxygen atoms in total. The molecule has 1 unspecified atom stereocenters. The van der Waals surface area contributed by atoms with E-state index in [1.54, 1.807) is 0 Å². The summed E-state index contributed by atoms with van der Waals surface area (Å²) >= 11 is 3.48. The zero-order valence-corrected chi connectivity index (χ0v) is 16.3. The first-order valence-corrected chi connectivity index (χ1v) is 10.1. The van der Waals surface area contributed by atoms with Gasteiger partial charge >= 0.3 is 0 Å². The molecule has 1 fully saturated rings. The van der Waals surface area contributed by atoms with Gasteiger partial charge in [0.25, 0.3) is 0 Å². The average molecular weight is 418 g/mol. The molecule has 27 heavy (non-hydrogen) atoms. The molecule has 1 aliphatic heterocycles. The van der Waals surface area contributed by atoms with Crippen LogP contribution in [-0.4, -0.2) is 29.1 Å². The monoisotopic (exact) mass is 417 g/mol. The summed E-state index contributed by atoms with van der Waals surface area (Å²) in [5.41, 5.74) is 6.56. The number of allylic oxidation sites excluding steroid dienone is 3. The van der Waals surface area contributed by atoms with Crippen LogP contribution < -0.4 is 0 Å². The fourth-order valence-corrected chi connectivity index (χ4v) is 5.73. The van der Waals surface area contributed by atoms with Crippen molar-refractivity contribution in [3.63, 3.8) is 0 Å². The van der Waals surface area contributed by atoms with Crippen LogP contribution in [-0.2, 0) is 9.59 Å². The predicted molar refractivity (Wildman–Crippen MR) is 106 cm³/mol. The smallest absolute Gasteiger partial charge is 0.207 e. The van der Waals surface area contributed by atoms with Crippen LogP contribution in [0.4, 0.5) is 0 Å². The van der Waals surface area contributed by atoms with Crippen LogP contribution in [0, 0.1) is 0 Å². The average Bonchev–Trinajstić information content (AvgIpc) is 3.41. The van der Waals surface area contributed by atoms with Crippen molar-refractivity contribution in [2.24, 2.45) is 0 Å². The lowest BCUT2D eigenvalue weighted by Gasteiger charge is -2.44. The van der Waals surface area contributed by atoms with E-state index in [0.29, 0.717) is 27.4 Å². The van der Waals surface area contributed by atoms with Crippen LogP contribution >= 0.6 is 15.9 Å². The van der Waals surface area contributed by atoms with Crippen molar-refractivity contribution < 1.29 is 9.59 Å². The summed E-state index contributed by atoms with van der Waals surface area (Å²) in [6.45, 7) is 2.90. The summed E-state index contributed by atoms with van der Waals surface area (Å²) in [7, 11) is 0. The molecule has 7 rings (SSSR count). The zero-order valence-electron chi connectivity index (χ0n) is 14.7. The van der Waals surface area contributed by atoms with E-state index >= 15 is 0 Å². The highest BCUT2D eigenvalue weighted by Gasteiger charge is 2.52. The molecule has 0 saturated carbocycles. The van der Waals surface area contributed by atoms with Crippen LogP contribution in [0.1, 0.15) is 41.0 Å². The topological polar surface area (TPSA) is 37.1 Å².